The minimum Gasteiger partial charge on any atom is -0.455 e. The van der Waals surface area contributed by atoms with Crippen LogP contribution in [-0.4, -0.2) is 35.8 Å². The summed E-state index contributed by atoms with van der Waals surface area (Å²) in [7, 11) is 0. The Labute approximate surface area is 164 Å². The molecular formula is C22H24N2O4. The van der Waals surface area contributed by atoms with Gasteiger partial charge >= 0.3 is 5.97 Å². The minimum absolute atomic E-state index is 0.0770. The number of ether oxygens (including phenoxy) is 1. The number of esters is 1. The van der Waals surface area contributed by atoms with Gasteiger partial charge in [-0.05, 0) is 18.1 Å². The first kappa shape index (κ1) is 19.6. The van der Waals surface area contributed by atoms with Gasteiger partial charge in [0.15, 0.2) is 6.61 Å². The summed E-state index contributed by atoms with van der Waals surface area (Å²) >= 11 is 0. The van der Waals surface area contributed by atoms with Crippen molar-refractivity contribution in [2.75, 3.05) is 13.2 Å². The molecule has 1 N–H and O–H groups in total. The maximum atomic E-state index is 12.3. The van der Waals surface area contributed by atoms with Crippen LogP contribution in [0.2, 0.25) is 0 Å². The summed E-state index contributed by atoms with van der Waals surface area (Å²) in [5.41, 5.74) is 1.99. The van der Waals surface area contributed by atoms with E-state index in [1.165, 1.54) is 0 Å². The molecule has 3 rings (SSSR count). The number of likely N-dealkylation sites (tertiary alicyclic amines) is 1. The summed E-state index contributed by atoms with van der Waals surface area (Å²) in [5.74, 6) is -1.49. The zero-order valence-electron chi connectivity index (χ0n) is 15.8. The van der Waals surface area contributed by atoms with Gasteiger partial charge in [0.2, 0.25) is 5.91 Å². The smallest absolute Gasteiger partial charge is 0.311 e. The first-order valence-corrected chi connectivity index (χ1v) is 9.36. The largest absolute Gasteiger partial charge is 0.455 e. The molecule has 6 nitrogen and oxygen atoms in total. The van der Waals surface area contributed by atoms with E-state index >= 15 is 0 Å². The second kappa shape index (κ2) is 9.17. The van der Waals surface area contributed by atoms with Crippen LogP contribution < -0.4 is 5.32 Å². The van der Waals surface area contributed by atoms with E-state index in [4.69, 9.17) is 4.74 Å². The Hall–Kier alpha value is -3.15. The normalized spacial score (nSPS) is 17.2. The first-order valence-electron chi connectivity index (χ1n) is 9.36. The van der Waals surface area contributed by atoms with Gasteiger partial charge in [-0.3, -0.25) is 14.4 Å². The molecule has 146 valence electrons. The number of amides is 2. The minimum atomic E-state index is -0.541. The van der Waals surface area contributed by atoms with E-state index < -0.39 is 11.9 Å². The number of rotatable bonds is 7. The average Bonchev–Trinajstić information content (AvgIpc) is 3.13. The third kappa shape index (κ3) is 4.97. The molecule has 6 heteroatoms. The van der Waals surface area contributed by atoms with Crippen molar-refractivity contribution in [1.82, 2.24) is 10.2 Å². The third-order valence-electron chi connectivity index (χ3n) is 4.92. The van der Waals surface area contributed by atoms with Crippen LogP contribution >= 0.6 is 0 Å². The number of carbonyl (C=O) groups excluding carboxylic acids is 3. The molecule has 1 aliphatic heterocycles. The molecule has 0 aliphatic carbocycles. The molecule has 2 aromatic rings. The predicted molar refractivity (Wildman–Crippen MR) is 104 cm³/mol. The predicted octanol–water partition coefficient (Wildman–Crippen LogP) is 2.46. The van der Waals surface area contributed by atoms with Crippen molar-refractivity contribution < 1.29 is 19.1 Å². The van der Waals surface area contributed by atoms with Crippen LogP contribution in [0.4, 0.5) is 0 Å². The van der Waals surface area contributed by atoms with Crippen molar-refractivity contribution in [3.63, 3.8) is 0 Å². The van der Waals surface area contributed by atoms with Gasteiger partial charge in [-0.1, -0.05) is 60.7 Å². The van der Waals surface area contributed by atoms with Crippen LogP contribution in [-0.2, 0) is 25.7 Å². The number of nitrogens with zero attached hydrogens (tertiary/aromatic N) is 1. The fourth-order valence-electron chi connectivity index (χ4n) is 3.28. The van der Waals surface area contributed by atoms with Crippen LogP contribution in [0.25, 0.3) is 0 Å². The lowest BCUT2D eigenvalue weighted by Crippen LogP contribution is -2.31. The quantitative estimate of drug-likeness (QED) is 0.749. The Morgan fingerprint density at radius 3 is 2.43 bits per heavy atom. The lowest BCUT2D eigenvalue weighted by molar-refractivity contribution is -0.152. The van der Waals surface area contributed by atoms with Gasteiger partial charge < -0.3 is 15.0 Å². The van der Waals surface area contributed by atoms with Crippen molar-refractivity contribution >= 4 is 17.8 Å². The molecular weight excluding hydrogens is 356 g/mol. The molecule has 0 unspecified atom stereocenters. The summed E-state index contributed by atoms with van der Waals surface area (Å²) < 4.78 is 5.13. The van der Waals surface area contributed by atoms with Crippen LogP contribution in [0.3, 0.4) is 0 Å². The zero-order valence-corrected chi connectivity index (χ0v) is 15.8. The van der Waals surface area contributed by atoms with Gasteiger partial charge in [0, 0.05) is 19.5 Å². The van der Waals surface area contributed by atoms with E-state index in [0.717, 1.165) is 11.1 Å². The highest BCUT2D eigenvalue weighted by molar-refractivity contribution is 5.88. The average molecular weight is 380 g/mol. The SMILES string of the molecule is C[C@H](c1ccccc1)N1C[C@@H](C(=O)OCC(=O)NCc2ccccc2)CC1=O. The molecule has 0 aromatic heterocycles. The summed E-state index contributed by atoms with van der Waals surface area (Å²) in [6.45, 7) is 2.28. The van der Waals surface area contributed by atoms with Crippen molar-refractivity contribution in [3.8, 4) is 0 Å². The van der Waals surface area contributed by atoms with Gasteiger partial charge in [0.05, 0.1) is 12.0 Å². The first-order chi connectivity index (χ1) is 13.5. The number of hydrogen-bond acceptors (Lipinski definition) is 4. The molecule has 1 heterocycles. The zero-order chi connectivity index (χ0) is 19.9. The Balaban J connectivity index is 1.46. The Bertz CT molecular complexity index is 823. The maximum absolute atomic E-state index is 12.3. The number of hydrogen-bond donors (Lipinski definition) is 1. The Kier molecular flexibility index (Phi) is 6.42. The van der Waals surface area contributed by atoms with Gasteiger partial charge in [0.1, 0.15) is 0 Å². The van der Waals surface area contributed by atoms with E-state index in [-0.39, 0.29) is 30.9 Å². The molecule has 1 saturated heterocycles. The number of nitrogens with one attached hydrogen (secondary N) is 1. The van der Waals surface area contributed by atoms with Gasteiger partial charge in [-0.15, -0.1) is 0 Å². The molecule has 2 atom stereocenters. The van der Waals surface area contributed by atoms with Crippen LogP contribution in [0.15, 0.2) is 60.7 Å². The summed E-state index contributed by atoms with van der Waals surface area (Å²) in [5, 5.41) is 2.71. The Morgan fingerprint density at radius 2 is 1.75 bits per heavy atom. The molecule has 2 aromatic carbocycles. The highest BCUT2D eigenvalue weighted by Gasteiger charge is 2.38. The molecule has 1 aliphatic rings. The highest BCUT2D eigenvalue weighted by atomic mass is 16.5. The molecule has 0 bridgehead atoms. The fraction of sp³-hybridized carbons (Fsp3) is 0.318. The summed E-state index contributed by atoms with van der Waals surface area (Å²) in [4.78, 5) is 38.2. The standard InChI is InChI=1S/C22H24N2O4/c1-16(18-10-6-3-7-11-18)24-14-19(12-21(24)26)22(27)28-15-20(25)23-13-17-8-4-2-5-9-17/h2-11,16,19H,12-15H2,1H3,(H,23,25)/t16-,19+/m1/s1. The lowest BCUT2D eigenvalue weighted by Gasteiger charge is -2.25. The second-order valence-corrected chi connectivity index (χ2v) is 6.90. The van der Waals surface area contributed by atoms with Gasteiger partial charge in [-0.2, -0.15) is 0 Å². The summed E-state index contributed by atoms with van der Waals surface area (Å²) in [6.07, 6.45) is 0.113. The van der Waals surface area contributed by atoms with Crippen molar-refractivity contribution in [2.24, 2.45) is 5.92 Å². The highest BCUT2D eigenvalue weighted by Crippen LogP contribution is 2.28. The lowest BCUT2D eigenvalue weighted by atomic mass is 10.1. The molecule has 2 amide bonds. The van der Waals surface area contributed by atoms with Gasteiger partial charge in [0.25, 0.3) is 5.91 Å². The van der Waals surface area contributed by atoms with Crippen molar-refractivity contribution in [2.45, 2.75) is 25.9 Å². The Morgan fingerprint density at radius 1 is 1.11 bits per heavy atom. The molecule has 0 radical (unpaired) electrons. The second-order valence-electron chi connectivity index (χ2n) is 6.90. The summed E-state index contributed by atoms with van der Waals surface area (Å²) in [6, 6.07) is 19.1. The molecule has 0 saturated carbocycles. The fourth-order valence-corrected chi connectivity index (χ4v) is 3.28. The van der Waals surface area contributed by atoms with E-state index in [0.29, 0.717) is 13.1 Å². The van der Waals surface area contributed by atoms with E-state index in [1.54, 1.807) is 4.90 Å². The monoisotopic (exact) mass is 380 g/mol. The van der Waals surface area contributed by atoms with E-state index in [2.05, 4.69) is 5.32 Å². The van der Waals surface area contributed by atoms with Crippen LogP contribution in [0, 0.1) is 5.92 Å². The van der Waals surface area contributed by atoms with E-state index in [9.17, 15) is 14.4 Å². The topological polar surface area (TPSA) is 75.7 Å². The number of carbonyl (C=O) groups is 3. The number of benzene rings is 2. The maximum Gasteiger partial charge on any atom is 0.311 e. The van der Waals surface area contributed by atoms with Gasteiger partial charge in [-0.25, -0.2) is 0 Å². The van der Waals surface area contributed by atoms with Crippen LogP contribution in [0.1, 0.15) is 30.5 Å². The molecule has 0 spiro atoms. The van der Waals surface area contributed by atoms with Crippen molar-refractivity contribution in [3.05, 3.63) is 71.8 Å². The van der Waals surface area contributed by atoms with E-state index in [1.807, 2.05) is 67.6 Å². The third-order valence-corrected chi connectivity index (χ3v) is 4.92. The molecule has 28 heavy (non-hydrogen) atoms. The molecule has 1 fully saturated rings. The van der Waals surface area contributed by atoms with Crippen molar-refractivity contribution in [1.29, 1.82) is 0 Å². The van der Waals surface area contributed by atoms with Crippen LogP contribution in [0.5, 0.6) is 0 Å².